The Bertz CT molecular complexity index is 968. The number of carbonyl (C=O) groups excluding carboxylic acids is 2. The summed E-state index contributed by atoms with van der Waals surface area (Å²) in [5.41, 5.74) is 3.26. The number of hydrogen-bond donors (Lipinski definition) is 0. The van der Waals surface area contributed by atoms with E-state index in [1.807, 2.05) is 46.2 Å². The molecule has 32 heavy (non-hydrogen) atoms. The van der Waals surface area contributed by atoms with Crippen molar-refractivity contribution in [2.24, 2.45) is 5.92 Å². The first-order valence-electron chi connectivity index (χ1n) is 11.6. The Hall–Kier alpha value is -3.02. The van der Waals surface area contributed by atoms with Gasteiger partial charge < -0.3 is 19.4 Å². The number of anilines is 2. The van der Waals surface area contributed by atoms with E-state index in [4.69, 9.17) is 4.74 Å². The molecule has 6 heteroatoms. The Balaban J connectivity index is 1.40. The first-order chi connectivity index (χ1) is 15.5. The molecular formula is C26H33N3O3. The van der Waals surface area contributed by atoms with E-state index in [2.05, 4.69) is 30.9 Å². The van der Waals surface area contributed by atoms with Crippen molar-refractivity contribution < 1.29 is 14.3 Å². The van der Waals surface area contributed by atoms with Gasteiger partial charge in [-0.2, -0.15) is 0 Å². The highest BCUT2D eigenvalue weighted by Crippen LogP contribution is 2.34. The lowest BCUT2D eigenvalue weighted by molar-refractivity contribution is -0.136. The zero-order valence-corrected chi connectivity index (χ0v) is 19.3. The predicted octanol–water partition coefficient (Wildman–Crippen LogP) is 3.91. The first-order valence-corrected chi connectivity index (χ1v) is 11.6. The minimum Gasteiger partial charge on any atom is -0.497 e. The maximum absolute atomic E-state index is 13.2. The Morgan fingerprint density at radius 1 is 1.09 bits per heavy atom. The minimum atomic E-state index is -0.268. The molecular weight excluding hydrogens is 402 g/mol. The lowest BCUT2D eigenvalue weighted by atomic mass is 9.96. The molecule has 2 fully saturated rings. The fraction of sp³-hybridized carbons (Fsp3) is 0.462. The summed E-state index contributed by atoms with van der Waals surface area (Å²) >= 11 is 0. The molecule has 0 radical (unpaired) electrons. The summed E-state index contributed by atoms with van der Waals surface area (Å²) in [5, 5.41) is 0. The van der Waals surface area contributed by atoms with Crippen LogP contribution in [-0.2, 0) is 9.59 Å². The number of rotatable bonds is 6. The molecule has 2 aromatic carbocycles. The molecule has 0 aliphatic carbocycles. The largest absolute Gasteiger partial charge is 0.497 e. The molecule has 2 amide bonds. The molecule has 0 spiro atoms. The number of carbonyl (C=O) groups is 2. The van der Waals surface area contributed by atoms with Crippen LogP contribution in [-0.4, -0.2) is 56.5 Å². The van der Waals surface area contributed by atoms with Crippen LogP contribution in [0.3, 0.4) is 0 Å². The highest BCUT2D eigenvalue weighted by atomic mass is 16.5. The van der Waals surface area contributed by atoms with Gasteiger partial charge in [0, 0.05) is 56.6 Å². The van der Waals surface area contributed by atoms with Crippen LogP contribution in [0.15, 0.2) is 48.5 Å². The molecule has 2 aliphatic rings. The molecule has 0 bridgehead atoms. The summed E-state index contributed by atoms with van der Waals surface area (Å²) < 4.78 is 5.33. The molecule has 0 N–H and O–H groups in total. The van der Waals surface area contributed by atoms with E-state index in [1.165, 1.54) is 5.56 Å². The van der Waals surface area contributed by atoms with Gasteiger partial charge in [0.15, 0.2) is 0 Å². The molecule has 4 rings (SSSR count). The van der Waals surface area contributed by atoms with Gasteiger partial charge in [-0.05, 0) is 36.1 Å². The summed E-state index contributed by atoms with van der Waals surface area (Å²) in [6.07, 6.45) is 1.31. The molecule has 2 atom stereocenters. The van der Waals surface area contributed by atoms with Gasteiger partial charge in [0.2, 0.25) is 11.8 Å². The lowest BCUT2D eigenvalue weighted by Gasteiger charge is -2.37. The van der Waals surface area contributed by atoms with Crippen LogP contribution < -0.4 is 14.5 Å². The predicted molar refractivity (Wildman–Crippen MR) is 127 cm³/mol. The van der Waals surface area contributed by atoms with Crippen LogP contribution in [0.1, 0.15) is 38.2 Å². The number of piperazine rings is 1. The summed E-state index contributed by atoms with van der Waals surface area (Å²) in [4.78, 5) is 32.2. The molecule has 2 saturated heterocycles. The lowest BCUT2D eigenvalue weighted by Crippen LogP contribution is -2.50. The quantitative estimate of drug-likeness (QED) is 0.690. The van der Waals surface area contributed by atoms with E-state index in [0.29, 0.717) is 32.0 Å². The van der Waals surface area contributed by atoms with Gasteiger partial charge in [-0.3, -0.25) is 9.59 Å². The smallest absolute Gasteiger partial charge is 0.228 e. The van der Waals surface area contributed by atoms with Crippen molar-refractivity contribution in [3.63, 3.8) is 0 Å². The number of hydrogen-bond acceptors (Lipinski definition) is 4. The highest BCUT2D eigenvalue weighted by molar-refractivity contribution is 6.01. The van der Waals surface area contributed by atoms with E-state index in [0.717, 1.165) is 36.6 Å². The van der Waals surface area contributed by atoms with Gasteiger partial charge >= 0.3 is 0 Å². The van der Waals surface area contributed by atoms with Gasteiger partial charge in [0.05, 0.1) is 13.0 Å². The fourth-order valence-electron chi connectivity index (χ4n) is 4.73. The van der Waals surface area contributed by atoms with Gasteiger partial charge in [-0.1, -0.05) is 38.1 Å². The van der Waals surface area contributed by atoms with Crippen molar-refractivity contribution >= 4 is 23.2 Å². The second kappa shape index (κ2) is 9.63. The SMILES string of the molecule is CC[C@H](C)c1ccccc1N1C[C@@H](C(=O)N2CCN(c3cccc(OC)c3)CC2)CC1=O. The standard InChI is InChI=1S/C26H33N3O3/c1-4-19(2)23-10-5-6-11-24(23)29-18-20(16-25(29)30)26(31)28-14-12-27(13-15-28)21-8-7-9-22(17-21)32-3/h5-11,17,19-20H,4,12-16,18H2,1-3H3/t19-,20-/m0/s1. The highest BCUT2D eigenvalue weighted by Gasteiger charge is 2.38. The Kier molecular flexibility index (Phi) is 6.68. The fourth-order valence-corrected chi connectivity index (χ4v) is 4.73. The van der Waals surface area contributed by atoms with Crippen molar-refractivity contribution in [1.82, 2.24) is 4.90 Å². The average molecular weight is 436 g/mol. The Labute approximate surface area is 190 Å². The first kappa shape index (κ1) is 22.2. The van der Waals surface area contributed by atoms with Crippen LogP contribution >= 0.6 is 0 Å². The van der Waals surface area contributed by atoms with Crippen molar-refractivity contribution in [1.29, 1.82) is 0 Å². The summed E-state index contributed by atoms with van der Waals surface area (Å²) in [6, 6.07) is 16.1. The van der Waals surface area contributed by atoms with Crippen molar-refractivity contribution in [2.75, 3.05) is 49.6 Å². The van der Waals surface area contributed by atoms with E-state index in [1.54, 1.807) is 7.11 Å². The number of ether oxygens (including phenoxy) is 1. The number of amides is 2. The molecule has 0 unspecified atom stereocenters. The second-order valence-electron chi connectivity index (χ2n) is 8.79. The van der Waals surface area contributed by atoms with Gasteiger partial charge in [0.1, 0.15) is 5.75 Å². The van der Waals surface area contributed by atoms with E-state index >= 15 is 0 Å². The monoisotopic (exact) mass is 435 g/mol. The molecule has 170 valence electrons. The van der Waals surface area contributed by atoms with Crippen molar-refractivity contribution in [3.8, 4) is 5.75 Å². The Morgan fingerprint density at radius 2 is 1.84 bits per heavy atom. The van der Waals surface area contributed by atoms with E-state index in [9.17, 15) is 9.59 Å². The second-order valence-corrected chi connectivity index (χ2v) is 8.79. The maximum Gasteiger partial charge on any atom is 0.228 e. The van der Waals surface area contributed by atoms with Crippen LogP contribution in [0.25, 0.3) is 0 Å². The third kappa shape index (κ3) is 4.45. The van der Waals surface area contributed by atoms with Crippen LogP contribution in [0, 0.1) is 5.92 Å². The number of para-hydroxylation sites is 1. The number of benzene rings is 2. The van der Waals surface area contributed by atoms with E-state index in [-0.39, 0.29) is 17.7 Å². The molecule has 2 aromatic rings. The van der Waals surface area contributed by atoms with Crippen LogP contribution in [0.5, 0.6) is 5.75 Å². The number of nitrogens with zero attached hydrogens (tertiary/aromatic N) is 3. The molecule has 2 heterocycles. The molecule has 2 aliphatic heterocycles. The number of methoxy groups -OCH3 is 1. The summed E-state index contributed by atoms with van der Waals surface area (Å²) in [7, 11) is 1.67. The van der Waals surface area contributed by atoms with Gasteiger partial charge in [-0.15, -0.1) is 0 Å². The van der Waals surface area contributed by atoms with Crippen LogP contribution in [0.2, 0.25) is 0 Å². The van der Waals surface area contributed by atoms with Crippen LogP contribution in [0.4, 0.5) is 11.4 Å². The topological polar surface area (TPSA) is 53.1 Å². The summed E-state index contributed by atoms with van der Waals surface area (Å²) in [6.45, 7) is 7.71. The molecule has 0 aromatic heterocycles. The Morgan fingerprint density at radius 3 is 2.56 bits per heavy atom. The molecule has 0 saturated carbocycles. The van der Waals surface area contributed by atoms with Gasteiger partial charge in [-0.25, -0.2) is 0 Å². The van der Waals surface area contributed by atoms with Crippen molar-refractivity contribution in [3.05, 3.63) is 54.1 Å². The van der Waals surface area contributed by atoms with E-state index < -0.39 is 0 Å². The third-order valence-electron chi connectivity index (χ3n) is 6.85. The third-order valence-corrected chi connectivity index (χ3v) is 6.85. The van der Waals surface area contributed by atoms with Crippen molar-refractivity contribution in [2.45, 2.75) is 32.6 Å². The summed E-state index contributed by atoms with van der Waals surface area (Å²) in [5.74, 6) is 1.10. The molecule has 6 nitrogen and oxygen atoms in total. The maximum atomic E-state index is 13.2. The minimum absolute atomic E-state index is 0.0501. The zero-order valence-electron chi connectivity index (χ0n) is 19.3. The normalized spacial score (nSPS) is 19.9. The van der Waals surface area contributed by atoms with Gasteiger partial charge in [0.25, 0.3) is 0 Å². The average Bonchev–Trinajstić information content (AvgIpc) is 3.24. The zero-order chi connectivity index (χ0) is 22.7.